The van der Waals surface area contributed by atoms with E-state index >= 15 is 0 Å². The van der Waals surface area contributed by atoms with Crippen LogP contribution in [0.5, 0.6) is 5.75 Å². The van der Waals surface area contributed by atoms with Crippen LogP contribution < -0.4 is 5.43 Å². The number of amides is 1. The van der Waals surface area contributed by atoms with Crippen molar-refractivity contribution in [2.24, 2.45) is 11.0 Å². The molecule has 2 N–H and O–H groups in total. The van der Waals surface area contributed by atoms with Gasteiger partial charge in [0.1, 0.15) is 5.75 Å². The van der Waals surface area contributed by atoms with E-state index in [0.29, 0.717) is 5.92 Å². The predicted molar refractivity (Wildman–Crippen MR) is 88.1 cm³/mol. The highest BCUT2D eigenvalue weighted by Crippen LogP contribution is 2.25. The summed E-state index contributed by atoms with van der Waals surface area (Å²) in [6.07, 6.45) is 7.87. The SMILES string of the molecule is O=C(NN=CC1CCCCC1)c1cc2ccccc2cc1O. The first kappa shape index (κ1) is 14.6. The Kier molecular flexibility index (Phi) is 4.37. The Morgan fingerprint density at radius 3 is 2.55 bits per heavy atom. The number of phenolic OH excluding ortho intramolecular Hbond substituents is 1. The summed E-state index contributed by atoms with van der Waals surface area (Å²) in [4.78, 5) is 12.2. The summed E-state index contributed by atoms with van der Waals surface area (Å²) in [7, 11) is 0. The average molecular weight is 296 g/mol. The first-order chi connectivity index (χ1) is 10.7. The molecule has 1 aliphatic rings. The minimum absolute atomic E-state index is 0.0240. The van der Waals surface area contributed by atoms with Crippen LogP contribution >= 0.6 is 0 Å². The molecule has 0 aliphatic heterocycles. The van der Waals surface area contributed by atoms with E-state index < -0.39 is 0 Å². The lowest BCUT2D eigenvalue weighted by atomic mass is 9.90. The highest BCUT2D eigenvalue weighted by molar-refractivity contribution is 6.01. The summed E-state index contributed by atoms with van der Waals surface area (Å²) in [6, 6.07) is 10.9. The number of benzene rings is 2. The number of hydrazone groups is 1. The number of nitrogens with zero attached hydrogens (tertiary/aromatic N) is 1. The van der Waals surface area contributed by atoms with Crippen LogP contribution in [0.3, 0.4) is 0 Å². The van der Waals surface area contributed by atoms with Gasteiger partial charge in [0.25, 0.3) is 5.91 Å². The fourth-order valence-corrected chi connectivity index (χ4v) is 2.95. The first-order valence-corrected chi connectivity index (χ1v) is 7.79. The quantitative estimate of drug-likeness (QED) is 0.667. The molecule has 4 nitrogen and oxygen atoms in total. The van der Waals surface area contributed by atoms with E-state index in [1.807, 2.05) is 30.5 Å². The van der Waals surface area contributed by atoms with Gasteiger partial charge in [-0.15, -0.1) is 0 Å². The van der Waals surface area contributed by atoms with Crippen molar-refractivity contribution in [2.75, 3.05) is 0 Å². The molecule has 1 fully saturated rings. The second-order valence-electron chi connectivity index (χ2n) is 5.83. The first-order valence-electron chi connectivity index (χ1n) is 7.79. The fraction of sp³-hybridized carbons (Fsp3) is 0.333. The molecule has 0 aromatic heterocycles. The second-order valence-corrected chi connectivity index (χ2v) is 5.83. The third kappa shape index (κ3) is 3.27. The van der Waals surface area contributed by atoms with Gasteiger partial charge in [0.2, 0.25) is 0 Å². The van der Waals surface area contributed by atoms with E-state index in [1.54, 1.807) is 12.1 Å². The highest BCUT2D eigenvalue weighted by atomic mass is 16.3. The Labute approximate surface area is 129 Å². The largest absolute Gasteiger partial charge is 0.507 e. The molecule has 0 bridgehead atoms. The Hall–Kier alpha value is -2.36. The van der Waals surface area contributed by atoms with Crippen molar-refractivity contribution >= 4 is 22.9 Å². The lowest BCUT2D eigenvalue weighted by Gasteiger charge is -2.16. The number of nitrogens with one attached hydrogen (secondary N) is 1. The molecule has 0 spiro atoms. The molecule has 1 saturated carbocycles. The number of hydrogen-bond acceptors (Lipinski definition) is 3. The van der Waals surface area contributed by atoms with E-state index in [4.69, 9.17) is 0 Å². The van der Waals surface area contributed by atoms with Crippen LogP contribution in [-0.2, 0) is 0 Å². The normalized spacial score (nSPS) is 16.2. The Balaban J connectivity index is 1.71. The molecule has 1 amide bonds. The second kappa shape index (κ2) is 6.60. The Morgan fingerprint density at radius 1 is 1.14 bits per heavy atom. The molecule has 114 valence electrons. The van der Waals surface area contributed by atoms with Gasteiger partial charge in [-0.25, -0.2) is 5.43 Å². The van der Waals surface area contributed by atoms with E-state index in [0.717, 1.165) is 23.6 Å². The van der Waals surface area contributed by atoms with Crippen molar-refractivity contribution in [3.8, 4) is 5.75 Å². The van der Waals surface area contributed by atoms with E-state index in [1.165, 1.54) is 19.3 Å². The van der Waals surface area contributed by atoms with Crippen molar-refractivity contribution in [2.45, 2.75) is 32.1 Å². The van der Waals surface area contributed by atoms with Gasteiger partial charge in [-0.1, -0.05) is 43.5 Å². The van der Waals surface area contributed by atoms with Crippen molar-refractivity contribution in [1.82, 2.24) is 5.43 Å². The van der Waals surface area contributed by atoms with Crippen molar-refractivity contribution in [1.29, 1.82) is 0 Å². The molecule has 0 saturated heterocycles. The highest BCUT2D eigenvalue weighted by Gasteiger charge is 2.13. The molecule has 22 heavy (non-hydrogen) atoms. The zero-order chi connectivity index (χ0) is 15.4. The van der Waals surface area contributed by atoms with Crippen molar-refractivity contribution < 1.29 is 9.90 Å². The van der Waals surface area contributed by atoms with Gasteiger partial charge in [0, 0.05) is 6.21 Å². The molecule has 0 atom stereocenters. The van der Waals surface area contributed by atoms with Gasteiger partial charge in [0.15, 0.2) is 0 Å². The summed E-state index contributed by atoms with van der Waals surface area (Å²) < 4.78 is 0. The number of carbonyl (C=O) groups excluding carboxylic acids is 1. The van der Waals surface area contributed by atoms with Gasteiger partial charge in [0.05, 0.1) is 5.56 Å². The summed E-state index contributed by atoms with van der Waals surface area (Å²) in [6.45, 7) is 0. The maximum Gasteiger partial charge on any atom is 0.275 e. The molecule has 1 aliphatic carbocycles. The maximum atomic E-state index is 12.2. The molecule has 2 aromatic rings. The van der Waals surface area contributed by atoms with E-state index in [9.17, 15) is 9.90 Å². The number of phenols is 1. The zero-order valence-electron chi connectivity index (χ0n) is 12.5. The number of fused-ring (bicyclic) bond motifs is 1. The maximum absolute atomic E-state index is 12.2. The lowest BCUT2D eigenvalue weighted by Crippen LogP contribution is -2.19. The fourth-order valence-electron chi connectivity index (χ4n) is 2.95. The van der Waals surface area contributed by atoms with E-state index in [-0.39, 0.29) is 17.2 Å². The number of rotatable bonds is 3. The molecule has 4 heteroatoms. The minimum atomic E-state index is -0.379. The molecule has 0 heterocycles. The van der Waals surface area contributed by atoms with Crippen molar-refractivity contribution in [3.63, 3.8) is 0 Å². The van der Waals surface area contributed by atoms with Crippen LogP contribution in [0.4, 0.5) is 0 Å². The summed E-state index contributed by atoms with van der Waals surface area (Å²) in [5.74, 6) is 0.0543. The predicted octanol–water partition coefficient (Wildman–Crippen LogP) is 3.84. The minimum Gasteiger partial charge on any atom is -0.507 e. The molecule has 0 unspecified atom stereocenters. The molecule has 3 rings (SSSR count). The molecule has 0 radical (unpaired) electrons. The lowest BCUT2D eigenvalue weighted by molar-refractivity contribution is 0.0952. The third-order valence-electron chi connectivity index (χ3n) is 4.21. The van der Waals surface area contributed by atoms with Gasteiger partial charge >= 0.3 is 0 Å². The monoisotopic (exact) mass is 296 g/mol. The molecule has 2 aromatic carbocycles. The third-order valence-corrected chi connectivity index (χ3v) is 4.21. The summed E-state index contributed by atoms with van der Waals surface area (Å²) in [5.41, 5.74) is 2.77. The van der Waals surface area contributed by atoms with Gasteiger partial charge in [-0.05, 0) is 41.7 Å². The van der Waals surface area contributed by atoms with E-state index in [2.05, 4.69) is 10.5 Å². The van der Waals surface area contributed by atoms with Gasteiger partial charge in [-0.3, -0.25) is 4.79 Å². The van der Waals surface area contributed by atoms with Gasteiger partial charge in [-0.2, -0.15) is 5.10 Å². The summed E-state index contributed by atoms with van der Waals surface area (Å²) in [5, 5.41) is 15.9. The smallest absolute Gasteiger partial charge is 0.275 e. The van der Waals surface area contributed by atoms with Crippen molar-refractivity contribution in [3.05, 3.63) is 42.0 Å². The Morgan fingerprint density at radius 2 is 1.82 bits per heavy atom. The summed E-state index contributed by atoms with van der Waals surface area (Å²) >= 11 is 0. The van der Waals surface area contributed by atoms with Crippen LogP contribution in [0.2, 0.25) is 0 Å². The van der Waals surface area contributed by atoms with Crippen LogP contribution in [0.25, 0.3) is 10.8 Å². The average Bonchev–Trinajstić information content (AvgIpc) is 2.55. The standard InChI is InChI=1S/C18H20N2O2/c21-17-11-15-9-5-4-8-14(15)10-16(17)18(22)20-19-12-13-6-2-1-3-7-13/h4-5,8-13,21H,1-3,6-7H2,(H,20,22). The van der Waals surface area contributed by atoms with Crippen LogP contribution in [0.1, 0.15) is 42.5 Å². The van der Waals surface area contributed by atoms with Crippen LogP contribution in [0.15, 0.2) is 41.5 Å². The molecular formula is C18H20N2O2. The Bertz CT molecular complexity index is 703. The number of carbonyl (C=O) groups is 1. The number of hydrogen-bond donors (Lipinski definition) is 2. The molecular weight excluding hydrogens is 276 g/mol. The van der Waals surface area contributed by atoms with Crippen LogP contribution in [-0.4, -0.2) is 17.2 Å². The zero-order valence-corrected chi connectivity index (χ0v) is 12.5. The topological polar surface area (TPSA) is 61.7 Å². The van der Waals surface area contributed by atoms with Gasteiger partial charge < -0.3 is 5.11 Å². The number of aromatic hydroxyl groups is 1. The van der Waals surface area contributed by atoms with Crippen LogP contribution in [0, 0.1) is 5.92 Å².